The molecular formula is C19H14ClN3OS. The summed E-state index contributed by atoms with van der Waals surface area (Å²) in [5.41, 5.74) is 3.57. The number of hydrogen-bond acceptors (Lipinski definition) is 3. The number of nitrogens with zero attached hydrogens (tertiary/aromatic N) is 2. The van der Waals surface area contributed by atoms with Crippen LogP contribution in [0.1, 0.15) is 5.69 Å². The van der Waals surface area contributed by atoms with Crippen LogP contribution in [-0.4, -0.2) is 15.3 Å². The maximum Gasteiger partial charge on any atom is 0.230 e. The number of thiazole rings is 1. The molecule has 0 fully saturated rings. The van der Waals surface area contributed by atoms with E-state index in [1.165, 1.54) is 11.3 Å². The molecule has 124 valence electrons. The van der Waals surface area contributed by atoms with Gasteiger partial charge in [-0.25, -0.2) is 4.98 Å². The maximum atomic E-state index is 12.3. The Labute approximate surface area is 153 Å². The van der Waals surface area contributed by atoms with Crippen LogP contribution in [0.5, 0.6) is 0 Å². The van der Waals surface area contributed by atoms with Gasteiger partial charge in [0, 0.05) is 33.5 Å². The van der Waals surface area contributed by atoms with E-state index in [1.807, 2.05) is 58.4 Å². The van der Waals surface area contributed by atoms with Crippen LogP contribution >= 0.6 is 22.9 Å². The smallest absolute Gasteiger partial charge is 0.230 e. The highest BCUT2D eigenvalue weighted by Gasteiger charge is 2.12. The number of carbonyl (C=O) groups is 1. The summed E-state index contributed by atoms with van der Waals surface area (Å²) in [5.74, 6) is -0.0862. The Kier molecular flexibility index (Phi) is 4.26. The second kappa shape index (κ2) is 6.70. The Bertz CT molecular complexity index is 1040. The first-order chi connectivity index (χ1) is 12.2. The number of nitrogens with one attached hydrogen (secondary N) is 1. The second-order valence-electron chi connectivity index (χ2n) is 5.61. The lowest BCUT2D eigenvalue weighted by molar-refractivity contribution is -0.115. The first-order valence-electron chi connectivity index (χ1n) is 7.75. The van der Waals surface area contributed by atoms with Crippen LogP contribution in [0.2, 0.25) is 5.02 Å². The molecule has 4 rings (SSSR count). The minimum absolute atomic E-state index is 0.0862. The number of anilines is 1. The number of carbonyl (C=O) groups excluding carboxylic acids is 1. The topological polar surface area (TPSA) is 46.4 Å². The SMILES string of the molecule is O=C(Cc1csc2nc(-c3ccccc3)cn12)Nc1cccc(Cl)c1. The van der Waals surface area contributed by atoms with E-state index in [4.69, 9.17) is 11.6 Å². The monoisotopic (exact) mass is 367 g/mol. The molecule has 0 aliphatic heterocycles. The molecule has 2 aromatic heterocycles. The number of halogens is 1. The first-order valence-corrected chi connectivity index (χ1v) is 9.01. The van der Waals surface area contributed by atoms with Crippen LogP contribution in [0.3, 0.4) is 0 Å². The number of amides is 1. The summed E-state index contributed by atoms with van der Waals surface area (Å²) >= 11 is 7.48. The summed E-state index contributed by atoms with van der Waals surface area (Å²) in [7, 11) is 0. The van der Waals surface area contributed by atoms with E-state index < -0.39 is 0 Å². The average molecular weight is 368 g/mol. The number of rotatable bonds is 4. The average Bonchev–Trinajstić information content (AvgIpc) is 3.18. The number of benzene rings is 2. The highest BCUT2D eigenvalue weighted by molar-refractivity contribution is 7.15. The van der Waals surface area contributed by atoms with Gasteiger partial charge in [-0.15, -0.1) is 11.3 Å². The van der Waals surface area contributed by atoms with Crippen LogP contribution < -0.4 is 5.32 Å². The minimum Gasteiger partial charge on any atom is -0.326 e. The molecule has 2 heterocycles. The van der Waals surface area contributed by atoms with Gasteiger partial charge in [-0.1, -0.05) is 48.0 Å². The molecule has 0 aliphatic rings. The Morgan fingerprint density at radius 3 is 2.80 bits per heavy atom. The van der Waals surface area contributed by atoms with Crippen molar-refractivity contribution in [3.05, 3.63) is 76.9 Å². The van der Waals surface area contributed by atoms with Crippen molar-refractivity contribution < 1.29 is 4.79 Å². The van der Waals surface area contributed by atoms with Gasteiger partial charge in [-0.2, -0.15) is 0 Å². The van der Waals surface area contributed by atoms with E-state index in [0.29, 0.717) is 10.7 Å². The van der Waals surface area contributed by atoms with Crippen LogP contribution in [0.25, 0.3) is 16.2 Å². The van der Waals surface area contributed by atoms with E-state index >= 15 is 0 Å². The van der Waals surface area contributed by atoms with Crippen molar-refractivity contribution in [3.63, 3.8) is 0 Å². The van der Waals surface area contributed by atoms with Gasteiger partial charge in [-0.3, -0.25) is 9.20 Å². The molecule has 0 saturated heterocycles. The van der Waals surface area contributed by atoms with Gasteiger partial charge in [0.2, 0.25) is 5.91 Å². The summed E-state index contributed by atoms with van der Waals surface area (Å²) in [6.45, 7) is 0. The van der Waals surface area contributed by atoms with Gasteiger partial charge >= 0.3 is 0 Å². The molecule has 0 spiro atoms. The highest BCUT2D eigenvalue weighted by Crippen LogP contribution is 2.24. The molecule has 0 atom stereocenters. The van der Waals surface area contributed by atoms with Gasteiger partial charge in [0.25, 0.3) is 0 Å². The Morgan fingerprint density at radius 1 is 1.16 bits per heavy atom. The van der Waals surface area contributed by atoms with Gasteiger partial charge in [0.1, 0.15) is 0 Å². The molecule has 0 radical (unpaired) electrons. The third-order valence-electron chi connectivity index (χ3n) is 3.80. The van der Waals surface area contributed by atoms with Crippen molar-refractivity contribution in [2.24, 2.45) is 0 Å². The van der Waals surface area contributed by atoms with Gasteiger partial charge in [0.15, 0.2) is 4.96 Å². The molecule has 0 saturated carbocycles. The third kappa shape index (κ3) is 3.43. The van der Waals surface area contributed by atoms with Crippen LogP contribution in [-0.2, 0) is 11.2 Å². The zero-order valence-corrected chi connectivity index (χ0v) is 14.7. The summed E-state index contributed by atoms with van der Waals surface area (Å²) in [6, 6.07) is 17.1. The van der Waals surface area contributed by atoms with Crippen LogP contribution in [0.4, 0.5) is 5.69 Å². The maximum absolute atomic E-state index is 12.3. The predicted molar refractivity (Wildman–Crippen MR) is 102 cm³/mol. The molecule has 2 aromatic carbocycles. The second-order valence-corrected chi connectivity index (χ2v) is 6.88. The molecule has 25 heavy (non-hydrogen) atoms. The van der Waals surface area contributed by atoms with Crippen molar-refractivity contribution >= 4 is 39.5 Å². The number of fused-ring (bicyclic) bond motifs is 1. The third-order valence-corrected chi connectivity index (χ3v) is 4.93. The van der Waals surface area contributed by atoms with Crippen LogP contribution in [0.15, 0.2) is 66.2 Å². The Hall–Kier alpha value is -2.63. The predicted octanol–water partition coefficient (Wildman–Crippen LogP) is 4.90. The minimum atomic E-state index is -0.0862. The van der Waals surface area contributed by atoms with Crippen molar-refractivity contribution in [2.75, 3.05) is 5.32 Å². The fourth-order valence-electron chi connectivity index (χ4n) is 2.64. The van der Waals surface area contributed by atoms with Crippen molar-refractivity contribution in [1.29, 1.82) is 0 Å². The molecule has 6 heteroatoms. The van der Waals surface area contributed by atoms with E-state index in [9.17, 15) is 4.79 Å². The normalized spacial score (nSPS) is 10.9. The lowest BCUT2D eigenvalue weighted by atomic mass is 10.2. The largest absolute Gasteiger partial charge is 0.326 e. The van der Waals surface area contributed by atoms with Crippen LogP contribution in [0, 0.1) is 0 Å². The zero-order valence-electron chi connectivity index (χ0n) is 13.1. The van der Waals surface area contributed by atoms with Gasteiger partial charge in [0.05, 0.1) is 12.1 Å². The van der Waals surface area contributed by atoms with E-state index in [1.54, 1.807) is 12.1 Å². The zero-order chi connectivity index (χ0) is 17.2. The standard InChI is InChI=1S/C19H14ClN3OS/c20-14-7-4-8-15(9-14)21-18(24)10-16-12-25-19-22-17(11-23(16)19)13-5-2-1-3-6-13/h1-9,11-12H,10H2,(H,21,24). The number of aromatic nitrogens is 2. The molecule has 0 aliphatic carbocycles. The van der Waals surface area contributed by atoms with Gasteiger partial charge < -0.3 is 5.32 Å². The molecule has 1 N–H and O–H groups in total. The molecular weight excluding hydrogens is 354 g/mol. The Morgan fingerprint density at radius 2 is 2.00 bits per heavy atom. The van der Waals surface area contributed by atoms with Gasteiger partial charge in [-0.05, 0) is 18.2 Å². The first kappa shape index (κ1) is 15.9. The number of hydrogen-bond donors (Lipinski definition) is 1. The molecule has 1 amide bonds. The molecule has 4 aromatic rings. The Balaban J connectivity index is 1.55. The lowest BCUT2D eigenvalue weighted by Crippen LogP contribution is -2.15. The summed E-state index contributed by atoms with van der Waals surface area (Å²) in [6.07, 6.45) is 2.25. The van der Waals surface area contributed by atoms with E-state index in [2.05, 4.69) is 10.3 Å². The van der Waals surface area contributed by atoms with E-state index in [-0.39, 0.29) is 12.3 Å². The number of imidazole rings is 1. The van der Waals surface area contributed by atoms with E-state index in [0.717, 1.165) is 21.9 Å². The van der Waals surface area contributed by atoms with Crippen molar-refractivity contribution in [1.82, 2.24) is 9.38 Å². The summed E-state index contributed by atoms with van der Waals surface area (Å²) in [4.78, 5) is 17.8. The fourth-order valence-corrected chi connectivity index (χ4v) is 3.70. The molecule has 0 unspecified atom stereocenters. The molecule has 0 bridgehead atoms. The lowest BCUT2D eigenvalue weighted by Gasteiger charge is -2.05. The highest BCUT2D eigenvalue weighted by atomic mass is 35.5. The van der Waals surface area contributed by atoms with Crippen molar-refractivity contribution in [2.45, 2.75) is 6.42 Å². The molecule has 4 nitrogen and oxygen atoms in total. The summed E-state index contributed by atoms with van der Waals surface area (Å²) in [5, 5.41) is 5.43. The summed E-state index contributed by atoms with van der Waals surface area (Å²) < 4.78 is 1.98. The quantitative estimate of drug-likeness (QED) is 0.557. The van der Waals surface area contributed by atoms with Crippen molar-refractivity contribution in [3.8, 4) is 11.3 Å². The fraction of sp³-hybridized carbons (Fsp3) is 0.0526.